The Morgan fingerprint density at radius 3 is 2.28 bits per heavy atom. The van der Waals surface area contributed by atoms with E-state index in [1.54, 1.807) is 0 Å². The molecule has 0 bridgehead atoms. The molecule has 1 aliphatic rings. The van der Waals surface area contributed by atoms with E-state index in [1.807, 2.05) is 13.8 Å². The summed E-state index contributed by atoms with van der Waals surface area (Å²) in [6.07, 6.45) is -1.91. The largest absolute Gasteiger partial charge is 0.416 e. The van der Waals surface area contributed by atoms with Crippen LogP contribution in [0.15, 0.2) is 28.8 Å². The van der Waals surface area contributed by atoms with E-state index in [0.29, 0.717) is 18.4 Å². The zero-order valence-electron chi connectivity index (χ0n) is 16.0. The Hall–Kier alpha value is -2.91. The third-order valence-electron chi connectivity index (χ3n) is 4.83. The van der Waals surface area contributed by atoms with Crippen molar-refractivity contribution < 1.29 is 27.3 Å². The molecule has 0 spiro atoms. The molecule has 0 unspecified atom stereocenters. The molecule has 0 aliphatic carbocycles. The quantitative estimate of drug-likeness (QED) is 0.693. The highest BCUT2D eigenvalue weighted by Crippen LogP contribution is 2.31. The Morgan fingerprint density at radius 1 is 1.10 bits per heavy atom. The number of rotatable bonds is 7. The Balaban J connectivity index is 1.76. The van der Waals surface area contributed by atoms with Gasteiger partial charge in [-0.3, -0.25) is 9.69 Å². The van der Waals surface area contributed by atoms with E-state index in [0.717, 1.165) is 29.9 Å². The molecule has 1 aromatic carbocycles. The number of alkyl halides is 3. The minimum Gasteiger partial charge on any atom is -0.337 e. The molecule has 3 amide bonds. The molecule has 7 nitrogen and oxygen atoms in total. The molecule has 0 atom stereocenters. The molecule has 10 heteroatoms. The Bertz CT molecular complexity index is 887. The van der Waals surface area contributed by atoms with Gasteiger partial charge in [0.25, 0.3) is 5.91 Å². The number of hydrogen-bond acceptors (Lipinski definition) is 5. The van der Waals surface area contributed by atoms with Crippen LogP contribution in [0.25, 0.3) is 11.4 Å². The summed E-state index contributed by atoms with van der Waals surface area (Å²) in [6, 6.07) is 3.79. The minimum absolute atomic E-state index is 0.0206. The number of nitrogens with zero attached hydrogens (tertiary/aromatic N) is 3. The highest BCUT2D eigenvalue weighted by atomic mass is 19.4. The Labute approximate surface area is 165 Å². The van der Waals surface area contributed by atoms with Crippen molar-refractivity contribution in [1.29, 1.82) is 0 Å². The average Bonchev–Trinajstić information content (AvgIpc) is 3.21. The molecular weight excluding hydrogens is 389 g/mol. The molecule has 2 heterocycles. The second-order valence-electron chi connectivity index (χ2n) is 6.99. The average molecular weight is 410 g/mol. The van der Waals surface area contributed by atoms with Gasteiger partial charge in [-0.15, -0.1) is 0 Å². The molecule has 156 valence electrons. The van der Waals surface area contributed by atoms with Gasteiger partial charge < -0.3 is 9.84 Å². The van der Waals surface area contributed by atoms with Gasteiger partial charge in [-0.2, -0.15) is 18.2 Å². The zero-order chi connectivity index (χ0) is 21.2. The summed E-state index contributed by atoms with van der Waals surface area (Å²) in [6.45, 7) is 3.68. The van der Waals surface area contributed by atoms with Gasteiger partial charge >= 0.3 is 12.2 Å². The van der Waals surface area contributed by atoms with E-state index < -0.39 is 23.3 Å². The number of amides is 3. The number of hydrogen-bond donors (Lipinski definition) is 1. The summed E-state index contributed by atoms with van der Waals surface area (Å²) >= 11 is 0. The molecule has 0 saturated carbocycles. The predicted molar refractivity (Wildman–Crippen MR) is 96.4 cm³/mol. The van der Waals surface area contributed by atoms with Crippen LogP contribution in [0.4, 0.5) is 18.0 Å². The predicted octanol–water partition coefficient (Wildman–Crippen LogP) is 4.15. The van der Waals surface area contributed by atoms with Gasteiger partial charge in [0.1, 0.15) is 12.1 Å². The maximum atomic E-state index is 12.9. The highest BCUT2D eigenvalue weighted by molar-refractivity contribution is 6.06. The summed E-state index contributed by atoms with van der Waals surface area (Å²) in [7, 11) is 0. The van der Waals surface area contributed by atoms with Crippen molar-refractivity contribution in [2.45, 2.75) is 57.8 Å². The summed E-state index contributed by atoms with van der Waals surface area (Å²) in [4.78, 5) is 30.4. The van der Waals surface area contributed by atoms with Gasteiger partial charge in [0.2, 0.25) is 11.7 Å². The monoisotopic (exact) mass is 410 g/mol. The van der Waals surface area contributed by atoms with Crippen molar-refractivity contribution in [2.24, 2.45) is 0 Å². The topological polar surface area (TPSA) is 88.3 Å². The van der Waals surface area contributed by atoms with Crippen LogP contribution in [-0.2, 0) is 17.5 Å². The lowest BCUT2D eigenvalue weighted by Crippen LogP contribution is -2.46. The van der Waals surface area contributed by atoms with Crippen LogP contribution in [-0.4, -0.2) is 32.5 Å². The number of benzene rings is 1. The second kappa shape index (κ2) is 7.84. The number of aromatic nitrogens is 2. The van der Waals surface area contributed by atoms with Crippen LogP contribution in [0, 0.1) is 0 Å². The summed E-state index contributed by atoms with van der Waals surface area (Å²) in [5.41, 5.74) is -1.37. The van der Waals surface area contributed by atoms with Crippen LogP contribution < -0.4 is 5.32 Å². The molecule has 1 aliphatic heterocycles. The number of halogens is 3. The van der Waals surface area contributed by atoms with Gasteiger partial charge in [-0.25, -0.2) is 4.79 Å². The van der Waals surface area contributed by atoms with E-state index in [9.17, 15) is 22.8 Å². The number of carbonyl (C=O) groups excluding carboxylic acids is 2. The maximum Gasteiger partial charge on any atom is 0.416 e. The van der Waals surface area contributed by atoms with E-state index in [-0.39, 0.29) is 24.2 Å². The third kappa shape index (κ3) is 4.10. The van der Waals surface area contributed by atoms with Crippen LogP contribution in [0.3, 0.4) is 0 Å². The van der Waals surface area contributed by atoms with Crippen molar-refractivity contribution in [3.8, 4) is 11.4 Å². The molecule has 1 aromatic heterocycles. The van der Waals surface area contributed by atoms with Gasteiger partial charge in [-0.05, 0) is 25.0 Å². The number of nitrogens with one attached hydrogen (secondary N) is 1. The number of imide groups is 1. The van der Waals surface area contributed by atoms with E-state index in [4.69, 9.17) is 4.52 Å². The van der Waals surface area contributed by atoms with Crippen molar-refractivity contribution in [1.82, 2.24) is 20.4 Å². The van der Waals surface area contributed by atoms with E-state index >= 15 is 0 Å². The Kier molecular flexibility index (Phi) is 5.63. The first-order chi connectivity index (χ1) is 13.7. The molecule has 3 rings (SSSR count). The molecular formula is C19H21F3N4O3. The first-order valence-corrected chi connectivity index (χ1v) is 9.34. The number of urea groups is 1. The van der Waals surface area contributed by atoms with Crippen LogP contribution >= 0.6 is 0 Å². The van der Waals surface area contributed by atoms with Gasteiger partial charge in [-0.1, -0.05) is 44.0 Å². The highest BCUT2D eigenvalue weighted by Gasteiger charge is 2.50. The lowest BCUT2D eigenvalue weighted by molar-refractivity contribution is -0.137. The molecule has 1 N–H and O–H groups in total. The Morgan fingerprint density at radius 2 is 1.72 bits per heavy atom. The minimum atomic E-state index is -4.44. The summed E-state index contributed by atoms with van der Waals surface area (Å²) < 4.78 is 43.1. The van der Waals surface area contributed by atoms with E-state index in [2.05, 4.69) is 15.5 Å². The van der Waals surface area contributed by atoms with Crippen molar-refractivity contribution in [3.63, 3.8) is 0 Å². The van der Waals surface area contributed by atoms with Crippen LogP contribution in [0.2, 0.25) is 0 Å². The fourth-order valence-electron chi connectivity index (χ4n) is 3.52. The van der Waals surface area contributed by atoms with Crippen molar-refractivity contribution >= 4 is 11.9 Å². The van der Waals surface area contributed by atoms with Gasteiger partial charge in [0.05, 0.1) is 5.56 Å². The molecule has 1 fully saturated rings. The lowest BCUT2D eigenvalue weighted by Gasteiger charge is -2.25. The molecule has 1 saturated heterocycles. The molecule has 29 heavy (non-hydrogen) atoms. The first-order valence-electron chi connectivity index (χ1n) is 9.34. The van der Waals surface area contributed by atoms with Gasteiger partial charge in [0.15, 0.2) is 0 Å². The molecule has 0 radical (unpaired) electrons. The van der Waals surface area contributed by atoms with E-state index in [1.165, 1.54) is 12.1 Å². The summed E-state index contributed by atoms with van der Waals surface area (Å²) in [5, 5.41) is 6.53. The smallest absolute Gasteiger partial charge is 0.337 e. The van der Waals surface area contributed by atoms with Crippen LogP contribution in [0.1, 0.15) is 51.0 Å². The molecule has 2 aromatic rings. The van der Waals surface area contributed by atoms with Crippen molar-refractivity contribution in [3.05, 3.63) is 35.7 Å². The fraction of sp³-hybridized carbons (Fsp3) is 0.474. The fourth-order valence-corrected chi connectivity index (χ4v) is 3.52. The summed E-state index contributed by atoms with van der Waals surface area (Å²) in [5.74, 6) is -0.234. The van der Waals surface area contributed by atoms with Gasteiger partial charge in [0, 0.05) is 5.56 Å². The maximum absolute atomic E-state index is 12.9. The zero-order valence-corrected chi connectivity index (χ0v) is 16.0. The normalized spacial score (nSPS) is 16.4. The SMILES string of the molecule is CCCC1(CCC)NC(=O)N(Cc2nc(-c3ccc(C(F)(F)F)cc3)no2)C1=O. The van der Waals surface area contributed by atoms with Crippen molar-refractivity contribution in [2.75, 3.05) is 0 Å². The standard InChI is InChI=1S/C19H21F3N4O3/c1-3-9-18(10-4-2)16(27)26(17(28)24-18)11-14-23-15(25-29-14)12-5-7-13(8-6-12)19(20,21)22/h5-8H,3-4,9-11H2,1-2H3,(H,24,28). The third-order valence-corrected chi connectivity index (χ3v) is 4.83. The first kappa shape index (κ1) is 20.8. The second-order valence-corrected chi connectivity index (χ2v) is 6.99. The van der Waals surface area contributed by atoms with Crippen LogP contribution in [0.5, 0.6) is 0 Å². The lowest BCUT2D eigenvalue weighted by atomic mass is 9.88. The number of carbonyl (C=O) groups is 2.